The summed E-state index contributed by atoms with van der Waals surface area (Å²) in [5, 5.41) is 19.8. The van der Waals surface area contributed by atoms with Crippen molar-refractivity contribution in [1.29, 1.82) is 0 Å². The van der Waals surface area contributed by atoms with Crippen molar-refractivity contribution in [2.24, 2.45) is 0 Å². The monoisotopic (exact) mass is 261 g/mol. The highest BCUT2D eigenvalue weighted by atomic mass is 16.4. The summed E-state index contributed by atoms with van der Waals surface area (Å²) in [6.07, 6.45) is -1.59. The summed E-state index contributed by atoms with van der Waals surface area (Å²) in [7, 11) is 4.61. The van der Waals surface area contributed by atoms with Crippen molar-refractivity contribution >= 4 is 17.9 Å². The molecule has 0 aromatic rings. The molecular weight excluding hydrogens is 242 g/mol. The Morgan fingerprint density at radius 1 is 1.22 bits per heavy atom. The Labute approximate surface area is 105 Å². The van der Waals surface area contributed by atoms with Crippen molar-refractivity contribution in [3.8, 4) is 0 Å². The van der Waals surface area contributed by atoms with Gasteiger partial charge >= 0.3 is 12.0 Å². The zero-order valence-corrected chi connectivity index (χ0v) is 10.7. The van der Waals surface area contributed by atoms with Gasteiger partial charge in [-0.2, -0.15) is 0 Å². The van der Waals surface area contributed by atoms with Crippen LogP contribution < -0.4 is 5.32 Å². The first-order valence-corrected chi connectivity index (χ1v) is 5.35. The van der Waals surface area contributed by atoms with Gasteiger partial charge in [-0.1, -0.05) is 0 Å². The lowest BCUT2D eigenvalue weighted by atomic mass is 10.2. The Kier molecular flexibility index (Phi) is 6.73. The maximum Gasteiger partial charge on any atom is 0.332 e. The van der Waals surface area contributed by atoms with Gasteiger partial charge in [0.2, 0.25) is 5.91 Å². The average Bonchev–Trinajstić information content (AvgIpc) is 2.27. The fourth-order valence-corrected chi connectivity index (χ4v) is 0.990. The molecule has 0 saturated carbocycles. The second-order valence-corrected chi connectivity index (χ2v) is 4.02. The van der Waals surface area contributed by atoms with E-state index in [-0.39, 0.29) is 25.4 Å². The lowest BCUT2D eigenvalue weighted by Crippen LogP contribution is -2.43. The highest BCUT2D eigenvalue weighted by Gasteiger charge is 2.16. The van der Waals surface area contributed by atoms with Gasteiger partial charge in [0.15, 0.2) is 6.10 Å². The molecule has 0 rings (SSSR count). The molecule has 0 aliphatic carbocycles. The van der Waals surface area contributed by atoms with Crippen molar-refractivity contribution in [2.45, 2.75) is 12.5 Å². The van der Waals surface area contributed by atoms with Crippen LogP contribution >= 0.6 is 0 Å². The number of likely N-dealkylation sites (N-methyl/N-ethyl adjacent to an activating group) is 2. The first kappa shape index (κ1) is 16.2. The van der Waals surface area contributed by atoms with E-state index in [1.165, 1.54) is 16.8 Å². The molecule has 3 amide bonds. The number of carbonyl (C=O) groups excluding carboxylic acids is 2. The molecule has 0 saturated heterocycles. The van der Waals surface area contributed by atoms with Crippen LogP contribution in [-0.2, 0) is 9.59 Å². The highest BCUT2D eigenvalue weighted by Crippen LogP contribution is 1.92. The fourth-order valence-electron chi connectivity index (χ4n) is 0.990. The van der Waals surface area contributed by atoms with E-state index in [0.29, 0.717) is 0 Å². The minimum atomic E-state index is -1.50. The SMILES string of the molecule is CN(C)C(=O)CN(C)C(=O)NCCC(O)C(=O)O. The van der Waals surface area contributed by atoms with Crippen molar-refractivity contribution in [1.82, 2.24) is 15.1 Å². The van der Waals surface area contributed by atoms with Crippen molar-refractivity contribution < 1.29 is 24.6 Å². The Morgan fingerprint density at radius 3 is 2.22 bits per heavy atom. The minimum absolute atomic E-state index is 0.0206. The molecule has 0 radical (unpaired) electrons. The number of amides is 3. The Morgan fingerprint density at radius 2 is 1.78 bits per heavy atom. The van der Waals surface area contributed by atoms with Gasteiger partial charge in [0.25, 0.3) is 0 Å². The quantitative estimate of drug-likeness (QED) is 0.542. The molecule has 0 bridgehead atoms. The minimum Gasteiger partial charge on any atom is -0.479 e. The predicted octanol–water partition coefficient (Wildman–Crippen LogP) is -1.45. The summed E-state index contributed by atoms with van der Waals surface area (Å²) >= 11 is 0. The van der Waals surface area contributed by atoms with E-state index in [1.54, 1.807) is 14.1 Å². The zero-order chi connectivity index (χ0) is 14.3. The maximum absolute atomic E-state index is 11.5. The van der Waals surface area contributed by atoms with Gasteiger partial charge in [-0.3, -0.25) is 4.79 Å². The third-order valence-electron chi connectivity index (χ3n) is 2.20. The highest BCUT2D eigenvalue weighted by molar-refractivity contribution is 5.83. The molecule has 3 N–H and O–H groups in total. The number of nitrogens with zero attached hydrogens (tertiary/aromatic N) is 2. The summed E-state index contributed by atoms with van der Waals surface area (Å²) in [5.74, 6) is -1.56. The summed E-state index contributed by atoms with van der Waals surface area (Å²) in [6, 6.07) is -0.497. The molecule has 0 heterocycles. The molecule has 1 unspecified atom stereocenters. The number of aliphatic hydroxyl groups is 1. The van der Waals surface area contributed by atoms with Crippen molar-refractivity contribution in [3.05, 3.63) is 0 Å². The molecule has 0 aliphatic heterocycles. The second-order valence-electron chi connectivity index (χ2n) is 4.02. The number of aliphatic hydroxyl groups excluding tert-OH is 1. The lowest BCUT2D eigenvalue weighted by molar-refractivity contribution is -0.146. The number of carbonyl (C=O) groups is 3. The summed E-state index contributed by atoms with van der Waals surface area (Å²) in [5.41, 5.74) is 0. The summed E-state index contributed by atoms with van der Waals surface area (Å²) < 4.78 is 0. The van der Waals surface area contributed by atoms with Gasteiger partial charge in [-0.05, 0) is 0 Å². The summed E-state index contributed by atoms with van der Waals surface area (Å²) in [6.45, 7) is -0.0485. The molecule has 0 aromatic carbocycles. The first-order valence-electron chi connectivity index (χ1n) is 5.35. The number of hydrogen-bond donors (Lipinski definition) is 3. The summed E-state index contributed by atoms with van der Waals surface area (Å²) in [4.78, 5) is 35.6. The van der Waals surface area contributed by atoms with Gasteiger partial charge < -0.3 is 25.3 Å². The maximum atomic E-state index is 11.5. The third kappa shape index (κ3) is 6.04. The van der Waals surface area contributed by atoms with E-state index in [2.05, 4.69) is 5.32 Å². The Balaban J connectivity index is 3.95. The van der Waals surface area contributed by atoms with E-state index in [0.717, 1.165) is 0 Å². The molecule has 8 nitrogen and oxygen atoms in total. The van der Waals surface area contributed by atoms with Crippen LogP contribution in [-0.4, -0.2) is 78.3 Å². The molecule has 0 aliphatic rings. The van der Waals surface area contributed by atoms with E-state index in [9.17, 15) is 14.4 Å². The standard InChI is InChI=1S/C10H19N3O5/c1-12(2)8(15)6-13(3)10(18)11-5-4-7(14)9(16)17/h7,14H,4-6H2,1-3H3,(H,11,18)(H,16,17). The predicted molar refractivity (Wildman–Crippen MR) is 63.0 cm³/mol. The van der Waals surface area contributed by atoms with E-state index < -0.39 is 18.1 Å². The van der Waals surface area contributed by atoms with Crippen molar-refractivity contribution in [3.63, 3.8) is 0 Å². The van der Waals surface area contributed by atoms with Gasteiger partial charge in [0.05, 0.1) is 0 Å². The number of rotatable bonds is 6. The molecule has 0 spiro atoms. The zero-order valence-electron chi connectivity index (χ0n) is 10.7. The molecule has 1 atom stereocenters. The topological polar surface area (TPSA) is 110 Å². The number of carboxylic acids is 1. The number of urea groups is 1. The number of nitrogens with one attached hydrogen (secondary N) is 1. The van der Waals surface area contributed by atoms with Crippen LogP contribution in [0.1, 0.15) is 6.42 Å². The van der Waals surface area contributed by atoms with Gasteiger partial charge in [0.1, 0.15) is 6.54 Å². The van der Waals surface area contributed by atoms with Crippen molar-refractivity contribution in [2.75, 3.05) is 34.2 Å². The molecule has 8 heteroatoms. The Hall–Kier alpha value is -1.83. The fraction of sp³-hybridized carbons (Fsp3) is 0.700. The van der Waals surface area contributed by atoms with E-state index in [1.807, 2.05) is 0 Å². The Bertz CT molecular complexity index is 319. The number of aliphatic carboxylic acids is 1. The number of carboxylic acid groups (broad SMARTS) is 1. The third-order valence-corrected chi connectivity index (χ3v) is 2.20. The average molecular weight is 261 g/mol. The molecule has 0 fully saturated rings. The molecule has 18 heavy (non-hydrogen) atoms. The van der Waals surface area contributed by atoms with Crippen LogP contribution in [0.25, 0.3) is 0 Å². The van der Waals surface area contributed by atoms with Gasteiger partial charge in [-0.25, -0.2) is 9.59 Å². The van der Waals surface area contributed by atoms with Crippen LogP contribution in [0.2, 0.25) is 0 Å². The van der Waals surface area contributed by atoms with Gasteiger partial charge in [-0.15, -0.1) is 0 Å². The lowest BCUT2D eigenvalue weighted by Gasteiger charge is -2.19. The van der Waals surface area contributed by atoms with E-state index in [4.69, 9.17) is 10.2 Å². The molecule has 0 aromatic heterocycles. The van der Waals surface area contributed by atoms with Crippen LogP contribution in [0.4, 0.5) is 4.79 Å². The van der Waals surface area contributed by atoms with Gasteiger partial charge in [0, 0.05) is 34.1 Å². The van der Waals surface area contributed by atoms with Crippen LogP contribution in [0.5, 0.6) is 0 Å². The van der Waals surface area contributed by atoms with Crippen LogP contribution in [0.15, 0.2) is 0 Å². The van der Waals surface area contributed by atoms with E-state index >= 15 is 0 Å². The number of hydrogen-bond acceptors (Lipinski definition) is 4. The largest absolute Gasteiger partial charge is 0.479 e. The smallest absolute Gasteiger partial charge is 0.332 e. The first-order chi connectivity index (χ1) is 8.25. The normalized spacial score (nSPS) is 11.6. The van der Waals surface area contributed by atoms with Crippen LogP contribution in [0.3, 0.4) is 0 Å². The second kappa shape index (κ2) is 7.49. The molecular formula is C10H19N3O5. The molecule has 104 valence electrons. The van der Waals surface area contributed by atoms with Crippen LogP contribution in [0, 0.1) is 0 Å².